The van der Waals surface area contributed by atoms with Gasteiger partial charge in [0, 0.05) is 30.2 Å². The van der Waals surface area contributed by atoms with Crippen LogP contribution in [-0.4, -0.2) is 48.1 Å². The van der Waals surface area contributed by atoms with E-state index >= 15 is 0 Å². The smallest absolute Gasteiger partial charge is 0.450 e. The van der Waals surface area contributed by atoms with Crippen molar-refractivity contribution in [1.29, 1.82) is 0 Å². The van der Waals surface area contributed by atoms with Gasteiger partial charge >= 0.3 is 6.18 Å². The molecule has 2 aliphatic rings. The van der Waals surface area contributed by atoms with Crippen LogP contribution >= 0.6 is 0 Å². The third-order valence-corrected chi connectivity index (χ3v) is 7.34. The number of amides is 2. The molecule has 0 radical (unpaired) electrons. The predicted molar refractivity (Wildman–Crippen MR) is 137 cm³/mol. The second-order valence-electron chi connectivity index (χ2n) is 10.3. The average molecular weight is 572 g/mol. The molecule has 41 heavy (non-hydrogen) atoms. The zero-order valence-corrected chi connectivity index (χ0v) is 21.6. The number of fused-ring (bicyclic) bond motifs is 1. The lowest BCUT2D eigenvalue weighted by Gasteiger charge is -2.29. The Balaban J connectivity index is 1.15. The minimum atomic E-state index is -4.83. The molecule has 2 fully saturated rings. The van der Waals surface area contributed by atoms with Crippen molar-refractivity contribution in [1.82, 2.24) is 29.5 Å². The third-order valence-electron chi connectivity index (χ3n) is 7.34. The first-order chi connectivity index (χ1) is 19.6. The number of hydrogen-bond donors (Lipinski definition) is 2. The van der Waals surface area contributed by atoms with Gasteiger partial charge < -0.3 is 15.8 Å². The van der Waals surface area contributed by atoms with E-state index in [-0.39, 0.29) is 40.8 Å². The summed E-state index contributed by atoms with van der Waals surface area (Å²) in [5.41, 5.74) is 6.09. The van der Waals surface area contributed by atoms with Crippen LogP contribution in [0.2, 0.25) is 0 Å². The van der Waals surface area contributed by atoms with Gasteiger partial charge in [-0.15, -0.1) is 5.10 Å². The van der Waals surface area contributed by atoms with Crippen molar-refractivity contribution in [2.75, 3.05) is 0 Å². The van der Waals surface area contributed by atoms with Crippen molar-refractivity contribution in [3.63, 3.8) is 0 Å². The van der Waals surface area contributed by atoms with Gasteiger partial charge in [-0.1, -0.05) is 6.07 Å². The molecule has 4 aromatic rings. The highest BCUT2D eigenvalue weighted by Gasteiger charge is 2.38. The number of aromatic nitrogens is 5. The molecule has 0 aromatic carbocycles. The van der Waals surface area contributed by atoms with Crippen molar-refractivity contribution in [2.24, 2.45) is 5.73 Å². The second-order valence-corrected chi connectivity index (χ2v) is 10.3. The summed E-state index contributed by atoms with van der Waals surface area (Å²) in [5.74, 6) is -3.12. The number of halogens is 4. The lowest BCUT2D eigenvalue weighted by Crippen LogP contribution is -2.40. The highest BCUT2D eigenvalue weighted by molar-refractivity contribution is 5.99. The minimum absolute atomic E-state index is 0.0177. The number of nitrogens with zero attached hydrogens (tertiary/aromatic N) is 5. The molecule has 2 amide bonds. The largest absolute Gasteiger partial charge is 0.473 e. The highest BCUT2D eigenvalue weighted by Crippen LogP contribution is 2.36. The van der Waals surface area contributed by atoms with Crippen molar-refractivity contribution >= 4 is 17.3 Å². The number of nitrogens with one attached hydrogen (secondary N) is 1. The number of carbonyl (C=O) groups excluding carboxylic acids is 2. The Labute approximate surface area is 230 Å². The van der Waals surface area contributed by atoms with E-state index < -0.39 is 29.8 Å². The van der Waals surface area contributed by atoms with Gasteiger partial charge in [-0.2, -0.15) is 17.6 Å². The Hall–Kier alpha value is -4.49. The van der Waals surface area contributed by atoms with Crippen LogP contribution in [0.1, 0.15) is 71.2 Å². The number of rotatable bonds is 7. The molecule has 4 aromatic heterocycles. The standard InChI is InChI=1S/C27H25F4N7O3/c28-21-10-2-14(11-33-21)15-1-9-20-22(35-26(27(29,30)31)37(20)12-15)24(40)34-16-3-7-18(8-4-16)41-25-19(23(32)39)13-38(36-25)17-5-6-17/h1-2,9-13,16-18H,3-8H2,(H2,32,39)(H,34,40)/t16-,18-. The van der Waals surface area contributed by atoms with E-state index in [4.69, 9.17) is 10.5 Å². The molecular weight excluding hydrogens is 546 g/mol. The molecule has 2 saturated carbocycles. The quantitative estimate of drug-likeness (QED) is 0.251. The van der Waals surface area contributed by atoms with Gasteiger partial charge in [0.25, 0.3) is 11.8 Å². The van der Waals surface area contributed by atoms with Gasteiger partial charge in [0.15, 0.2) is 5.69 Å². The molecule has 6 rings (SSSR count). The van der Waals surface area contributed by atoms with Crippen LogP contribution in [-0.2, 0) is 6.18 Å². The maximum absolute atomic E-state index is 13.9. The zero-order valence-electron chi connectivity index (χ0n) is 21.6. The number of imidazole rings is 1. The number of pyridine rings is 2. The maximum Gasteiger partial charge on any atom is 0.450 e. The molecule has 0 unspecified atom stereocenters. The van der Waals surface area contributed by atoms with Crippen molar-refractivity contribution < 1.29 is 31.9 Å². The summed E-state index contributed by atoms with van der Waals surface area (Å²) in [6.07, 6.45) is 2.97. The Bertz CT molecular complexity index is 1620. The van der Waals surface area contributed by atoms with Crippen LogP contribution in [0, 0.1) is 5.95 Å². The third kappa shape index (κ3) is 5.45. The minimum Gasteiger partial charge on any atom is -0.473 e. The molecule has 0 saturated heterocycles. The van der Waals surface area contributed by atoms with E-state index in [9.17, 15) is 27.2 Å². The van der Waals surface area contributed by atoms with E-state index in [0.717, 1.165) is 23.3 Å². The molecule has 0 spiro atoms. The van der Waals surface area contributed by atoms with Crippen LogP contribution < -0.4 is 15.8 Å². The zero-order chi connectivity index (χ0) is 28.9. The Morgan fingerprint density at radius 2 is 1.73 bits per heavy atom. The van der Waals surface area contributed by atoms with E-state index in [2.05, 4.69) is 20.4 Å². The highest BCUT2D eigenvalue weighted by atomic mass is 19.4. The van der Waals surface area contributed by atoms with Gasteiger partial charge in [-0.05, 0) is 62.3 Å². The summed E-state index contributed by atoms with van der Waals surface area (Å²) in [5, 5.41) is 7.18. The van der Waals surface area contributed by atoms with Crippen LogP contribution in [0.15, 0.2) is 42.9 Å². The maximum atomic E-state index is 13.9. The van der Waals surface area contributed by atoms with E-state index in [0.29, 0.717) is 36.8 Å². The van der Waals surface area contributed by atoms with Crippen LogP contribution in [0.5, 0.6) is 5.88 Å². The molecule has 0 bridgehead atoms. The normalized spacial score (nSPS) is 19.3. The summed E-state index contributed by atoms with van der Waals surface area (Å²) in [4.78, 5) is 32.2. The first-order valence-corrected chi connectivity index (χ1v) is 13.1. The van der Waals surface area contributed by atoms with E-state index in [1.165, 1.54) is 30.6 Å². The second kappa shape index (κ2) is 10.2. The van der Waals surface area contributed by atoms with E-state index in [1.54, 1.807) is 10.9 Å². The van der Waals surface area contributed by atoms with Gasteiger partial charge in [0.1, 0.15) is 11.7 Å². The fourth-order valence-electron chi connectivity index (χ4n) is 5.06. The average Bonchev–Trinajstić information content (AvgIpc) is 3.57. The number of ether oxygens (including phenoxy) is 1. The summed E-state index contributed by atoms with van der Waals surface area (Å²) in [6, 6.07) is 5.34. The first-order valence-electron chi connectivity index (χ1n) is 13.1. The molecule has 14 heteroatoms. The summed E-state index contributed by atoms with van der Waals surface area (Å²) >= 11 is 0. The fraction of sp³-hybridized carbons (Fsp3) is 0.370. The number of primary amides is 1. The van der Waals surface area contributed by atoms with Crippen LogP contribution in [0.3, 0.4) is 0 Å². The molecule has 214 valence electrons. The van der Waals surface area contributed by atoms with Crippen molar-refractivity contribution in [3.05, 3.63) is 65.9 Å². The fourth-order valence-corrected chi connectivity index (χ4v) is 5.06. The van der Waals surface area contributed by atoms with E-state index in [1.807, 2.05) is 0 Å². The van der Waals surface area contributed by atoms with Crippen molar-refractivity contribution in [2.45, 2.75) is 62.9 Å². The van der Waals surface area contributed by atoms with Gasteiger partial charge in [0.05, 0.1) is 11.6 Å². The molecule has 4 heterocycles. The van der Waals surface area contributed by atoms with Gasteiger partial charge in [-0.25, -0.2) is 9.97 Å². The Morgan fingerprint density at radius 3 is 2.37 bits per heavy atom. The first kappa shape index (κ1) is 26.7. The molecule has 10 nitrogen and oxygen atoms in total. The van der Waals surface area contributed by atoms with Crippen molar-refractivity contribution in [3.8, 4) is 17.0 Å². The molecule has 3 N–H and O–H groups in total. The lowest BCUT2D eigenvalue weighted by molar-refractivity contribution is -0.145. The van der Waals surface area contributed by atoms with Gasteiger partial charge in [-0.3, -0.25) is 18.7 Å². The number of hydrogen-bond acceptors (Lipinski definition) is 6. The summed E-state index contributed by atoms with van der Waals surface area (Å²) in [6.45, 7) is 0. The monoisotopic (exact) mass is 571 g/mol. The topological polar surface area (TPSA) is 129 Å². The lowest BCUT2D eigenvalue weighted by atomic mass is 9.93. The molecule has 0 aliphatic heterocycles. The Morgan fingerprint density at radius 1 is 1.00 bits per heavy atom. The number of nitrogens with two attached hydrogens (primary N) is 1. The SMILES string of the molecule is NC(=O)c1cn(C2CC2)nc1O[C@H]1CC[C@H](NC(=O)c2nc(C(F)(F)F)n3cc(-c4ccc(F)nc4)ccc23)CC1. The van der Waals surface area contributed by atoms with Crippen LogP contribution in [0.25, 0.3) is 16.6 Å². The number of alkyl halides is 3. The molecular formula is C27H25F4N7O3. The number of carbonyl (C=O) groups is 2. The summed E-state index contributed by atoms with van der Waals surface area (Å²) < 4.78 is 63.3. The van der Waals surface area contributed by atoms with Gasteiger partial charge in [0.2, 0.25) is 17.7 Å². The molecule has 2 aliphatic carbocycles. The Kier molecular flexibility index (Phi) is 6.62. The molecule has 0 atom stereocenters. The summed E-state index contributed by atoms with van der Waals surface area (Å²) in [7, 11) is 0. The van der Waals surface area contributed by atoms with Crippen LogP contribution in [0.4, 0.5) is 17.6 Å². The predicted octanol–water partition coefficient (Wildman–Crippen LogP) is 4.30.